The molecule has 1 rings (SSSR count). The van der Waals surface area contributed by atoms with Crippen LogP contribution in [-0.2, 0) is 0 Å². The fraction of sp³-hybridized carbons (Fsp3) is 0.333. The van der Waals surface area contributed by atoms with Crippen molar-refractivity contribution in [3.05, 3.63) is 40.4 Å². The van der Waals surface area contributed by atoms with Gasteiger partial charge in [0.15, 0.2) is 0 Å². The zero-order valence-electron chi connectivity index (χ0n) is 8.89. The van der Waals surface area contributed by atoms with Gasteiger partial charge in [0.2, 0.25) is 0 Å². The fourth-order valence-electron chi connectivity index (χ4n) is 1.36. The third kappa shape index (κ3) is 2.78. The molecule has 1 aromatic carbocycles. The van der Waals surface area contributed by atoms with E-state index >= 15 is 0 Å². The number of hydrogen-bond donors (Lipinski definition) is 1. The van der Waals surface area contributed by atoms with Crippen molar-refractivity contribution >= 4 is 17.3 Å². The smallest absolute Gasteiger partial charge is 0.0402 e. The first-order chi connectivity index (χ1) is 6.65. The van der Waals surface area contributed by atoms with Crippen LogP contribution in [0.2, 0.25) is 0 Å². The highest BCUT2D eigenvalue weighted by Crippen LogP contribution is 2.19. The van der Waals surface area contributed by atoms with Crippen LogP contribution in [0, 0.1) is 13.8 Å². The molecule has 0 unspecified atom stereocenters. The number of anilines is 1. The lowest BCUT2D eigenvalue weighted by Crippen LogP contribution is -2.05. The van der Waals surface area contributed by atoms with Crippen molar-refractivity contribution in [2.45, 2.75) is 20.8 Å². The molecule has 0 aromatic heterocycles. The number of hydrogen-bond acceptors (Lipinski definition) is 1. The summed E-state index contributed by atoms with van der Waals surface area (Å²) in [5.41, 5.74) is 6.50. The van der Waals surface area contributed by atoms with Crippen LogP contribution in [0.4, 0.5) is 5.69 Å². The maximum Gasteiger partial charge on any atom is 0.0402 e. The largest absolute Gasteiger partial charge is 0.381 e. The van der Waals surface area contributed by atoms with Gasteiger partial charge < -0.3 is 5.32 Å². The molecule has 76 valence electrons. The summed E-state index contributed by atoms with van der Waals surface area (Å²) in [6, 6.07) is 6.28. The Kier molecular flexibility index (Phi) is 4.02. The maximum absolute atomic E-state index is 5.60. The van der Waals surface area contributed by atoms with E-state index in [0.717, 1.165) is 12.1 Å². The van der Waals surface area contributed by atoms with E-state index in [0.29, 0.717) is 0 Å². The highest BCUT2D eigenvalue weighted by atomic mass is 35.5. The van der Waals surface area contributed by atoms with E-state index in [2.05, 4.69) is 37.4 Å². The van der Waals surface area contributed by atoms with Crippen LogP contribution in [0.1, 0.15) is 18.1 Å². The second kappa shape index (κ2) is 5.06. The van der Waals surface area contributed by atoms with Crippen molar-refractivity contribution in [1.82, 2.24) is 0 Å². The fourth-order valence-corrected chi connectivity index (χ4v) is 1.44. The molecule has 0 aliphatic heterocycles. The molecule has 0 amide bonds. The highest BCUT2D eigenvalue weighted by Gasteiger charge is 2.00. The summed E-state index contributed by atoms with van der Waals surface area (Å²) in [7, 11) is 0. The second-order valence-electron chi connectivity index (χ2n) is 3.58. The van der Waals surface area contributed by atoms with Gasteiger partial charge in [0, 0.05) is 17.8 Å². The number of nitrogens with one attached hydrogen (secondary N) is 1. The van der Waals surface area contributed by atoms with E-state index in [1.165, 1.54) is 16.8 Å². The van der Waals surface area contributed by atoms with Crippen molar-refractivity contribution in [3.8, 4) is 0 Å². The third-order valence-electron chi connectivity index (χ3n) is 2.21. The van der Waals surface area contributed by atoms with Gasteiger partial charge in [-0.25, -0.2) is 0 Å². The van der Waals surface area contributed by atoms with Crippen LogP contribution in [0.15, 0.2) is 29.3 Å². The molecule has 0 radical (unpaired) electrons. The standard InChI is InChI=1S/C12H16ClN/c1-9(7-13)8-14-12-10(2)5-4-6-11(12)3/h4-7,14H,8H2,1-3H3/b9-7-. The average Bonchev–Trinajstić information content (AvgIpc) is 2.16. The maximum atomic E-state index is 5.60. The van der Waals surface area contributed by atoms with Gasteiger partial charge in [-0.2, -0.15) is 0 Å². The molecule has 1 nitrogen and oxygen atoms in total. The predicted octanol–water partition coefficient (Wildman–Crippen LogP) is 3.86. The van der Waals surface area contributed by atoms with Crippen molar-refractivity contribution in [1.29, 1.82) is 0 Å². The van der Waals surface area contributed by atoms with Gasteiger partial charge in [-0.15, -0.1) is 0 Å². The van der Waals surface area contributed by atoms with Crippen LogP contribution in [0.5, 0.6) is 0 Å². The zero-order valence-corrected chi connectivity index (χ0v) is 9.65. The molecule has 2 heteroatoms. The van der Waals surface area contributed by atoms with Gasteiger partial charge in [-0.05, 0) is 37.5 Å². The van der Waals surface area contributed by atoms with Crippen LogP contribution in [-0.4, -0.2) is 6.54 Å². The molecule has 0 bridgehead atoms. The minimum absolute atomic E-state index is 0.801. The Morgan fingerprint density at radius 2 is 1.93 bits per heavy atom. The molecule has 0 saturated carbocycles. The molecule has 0 heterocycles. The lowest BCUT2D eigenvalue weighted by molar-refractivity contribution is 1.19. The second-order valence-corrected chi connectivity index (χ2v) is 3.79. The number of rotatable bonds is 3. The summed E-state index contributed by atoms with van der Waals surface area (Å²) >= 11 is 5.60. The van der Waals surface area contributed by atoms with E-state index in [9.17, 15) is 0 Å². The van der Waals surface area contributed by atoms with E-state index in [-0.39, 0.29) is 0 Å². The molecule has 1 aromatic rings. The summed E-state index contributed by atoms with van der Waals surface area (Å²) in [6.07, 6.45) is 0. The Balaban J connectivity index is 2.76. The summed E-state index contributed by atoms with van der Waals surface area (Å²) in [4.78, 5) is 0. The Morgan fingerprint density at radius 3 is 2.43 bits per heavy atom. The molecule has 0 atom stereocenters. The first kappa shape index (κ1) is 11.1. The first-order valence-electron chi connectivity index (χ1n) is 4.71. The Hall–Kier alpha value is -0.950. The van der Waals surface area contributed by atoms with Crippen molar-refractivity contribution in [3.63, 3.8) is 0 Å². The topological polar surface area (TPSA) is 12.0 Å². The normalized spacial score (nSPS) is 11.6. The third-order valence-corrected chi connectivity index (χ3v) is 2.58. The molecule has 14 heavy (non-hydrogen) atoms. The molecule has 0 aliphatic carbocycles. The Labute approximate surface area is 90.8 Å². The minimum Gasteiger partial charge on any atom is -0.381 e. The van der Waals surface area contributed by atoms with Gasteiger partial charge in [0.1, 0.15) is 0 Å². The molecule has 0 saturated heterocycles. The lowest BCUT2D eigenvalue weighted by atomic mass is 10.1. The van der Waals surface area contributed by atoms with Crippen LogP contribution in [0.3, 0.4) is 0 Å². The average molecular weight is 210 g/mol. The highest BCUT2D eigenvalue weighted by molar-refractivity contribution is 6.25. The summed E-state index contributed by atoms with van der Waals surface area (Å²) in [5, 5.41) is 3.38. The zero-order chi connectivity index (χ0) is 10.6. The predicted molar refractivity (Wildman–Crippen MR) is 64.0 cm³/mol. The Bertz CT molecular complexity index is 322. The summed E-state index contributed by atoms with van der Waals surface area (Å²) in [5.74, 6) is 0. The molecule has 0 aliphatic rings. The van der Waals surface area contributed by atoms with E-state index in [1.54, 1.807) is 5.54 Å². The minimum atomic E-state index is 0.801. The molecule has 1 N–H and O–H groups in total. The molecule has 0 spiro atoms. The van der Waals surface area contributed by atoms with Crippen LogP contribution < -0.4 is 5.32 Å². The molecular weight excluding hydrogens is 194 g/mol. The Morgan fingerprint density at radius 1 is 1.36 bits per heavy atom. The van der Waals surface area contributed by atoms with E-state index in [1.807, 2.05) is 6.92 Å². The monoisotopic (exact) mass is 209 g/mol. The molecule has 0 fully saturated rings. The van der Waals surface area contributed by atoms with Crippen LogP contribution in [0.25, 0.3) is 0 Å². The number of para-hydroxylation sites is 1. The van der Waals surface area contributed by atoms with Crippen molar-refractivity contribution < 1.29 is 0 Å². The van der Waals surface area contributed by atoms with Gasteiger partial charge in [-0.1, -0.05) is 29.8 Å². The van der Waals surface area contributed by atoms with Gasteiger partial charge >= 0.3 is 0 Å². The number of benzene rings is 1. The van der Waals surface area contributed by atoms with E-state index < -0.39 is 0 Å². The SMILES string of the molecule is C/C(=C/Cl)CNc1c(C)cccc1C. The van der Waals surface area contributed by atoms with Gasteiger partial charge in [0.05, 0.1) is 0 Å². The lowest BCUT2D eigenvalue weighted by Gasteiger charge is -2.12. The number of halogens is 1. The molecular formula is C12H16ClN. The quantitative estimate of drug-likeness (QED) is 0.797. The van der Waals surface area contributed by atoms with Crippen molar-refractivity contribution in [2.24, 2.45) is 0 Å². The van der Waals surface area contributed by atoms with Gasteiger partial charge in [0.25, 0.3) is 0 Å². The van der Waals surface area contributed by atoms with E-state index in [4.69, 9.17) is 11.6 Å². The summed E-state index contributed by atoms with van der Waals surface area (Å²) < 4.78 is 0. The van der Waals surface area contributed by atoms with Crippen LogP contribution >= 0.6 is 11.6 Å². The summed E-state index contributed by atoms with van der Waals surface area (Å²) in [6.45, 7) is 7.02. The van der Waals surface area contributed by atoms with Gasteiger partial charge in [-0.3, -0.25) is 0 Å². The number of aryl methyl sites for hydroxylation is 2. The first-order valence-corrected chi connectivity index (χ1v) is 5.14. The van der Waals surface area contributed by atoms with Crippen molar-refractivity contribution in [2.75, 3.05) is 11.9 Å².